The Hall–Kier alpha value is -2.76. The summed E-state index contributed by atoms with van der Waals surface area (Å²) < 4.78 is 23.4. The third-order valence-electron chi connectivity index (χ3n) is 3.31. The van der Waals surface area contributed by atoms with Crippen molar-refractivity contribution >= 4 is 6.03 Å². The van der Waals surface area contributed by atoms with Crippen LogP contribution < -0.4 is 20.1 Å². The van der Waals surface area contributed by atoms with E-state index in [4.69, 9.17) is 9.47 Å². The summed E-state index contributed by atoms with van der Waals surface area (Å²) in [5.74, 6) is 1.15. The number of benzene rings is 2. The van der Waals surface area contributed by atoms with Crippen molar-refractivity contribution in [3.63, 3.8) is 0 Å². The molecule has 6 heteroatoms. The highest BCUT2D eigenvalue weighted by atomic mass is 19.1. The average Bonchev–Trinajstić information content (AvgIpc) is 2.61. The summed E-state index contributed by atoms with van der Waals surface area (Å²) in [6.07, 6.45) is 0.647. The maximum atomic E-state index is 12.8. The van der Waals surface area contributed by atoms with Crippen LogP contribution in [0.4, 0.5) is 9.18 Å². The van der Waals surface area contributed by atoms with Crippen molar-refractivity contribution < 1.29 is 18.7 Å². The van der Waals surface area contributed by atoms with Crippen molar-refractivity contribution in [3.05, 3.63) is 59.9 Å². The first-order chi connectivity index (χ1) is 11.7. The number of hydrogen-bond donors (Lipinski definition) is 2. The summed E-state index contributed by atoms with van der Waals surface area (Å²) in [4.78, 5) is 11.6. The number of carbonyl (C=O) groups excluding carboxylic acids is 1. The molecule has 2 aromatic carbocycles. The summed E-state index contributed by atoms with van der Waals surface area (Å²) in [7, 11) is 1.59. The number of nitrogens with one attached hydrogen (secondary N) is 2. The van der Waals surface area contributed by atoms with Crippen LogP contribution in [0.1, 0.15) is 5.56 Å². The first kappa shape index (κ1) is 17.6. The third-order valence-corrected chi connectivity index (χ3v) is 3.31. The average molecular weight is 332 g/mol. The molecule has 0 atom stereocenters. The molecule has 2 N–H and O–H groups in total. The van der Waals surface area contributed by atoms with Gasteiger partial charge in [0.2, 0.25) is 0 Å². The lowest BCUT2D eigenvalue weighted by atomic mass is 10.1. The van der Waals surface area contributed by atoms with Gasteiger partial charge in [-0.2, -0.15) is 0 Å². The van der Waals surface area contributed by atoms with E-state index in [1.807, 2.05) is 18.2 Å². The summed E-state index contributed by atoms with van der Waals surface area (Å²) in [6, 6.07) is 13.2. The van der Waals surface area contributed by atoms with Crippen LogP contribution in [0.25, 0.3) is 0 Å². The highest BCUT2D eigenvalue weighted by molar-refractivity contribution is 5.73. The molecule has 0 fully saturated rings. The lowest BCUT2D eigenvalue weighted by Crippen LogP contribution is -2.38. The third kappa shape index (κ3) is 6.16. The van der Waals surface area contributed by atoms with Gasteiger partial charge < -0.3 is 20.1 Å². The number of methoxy groups -OCH3 is 1. The van der Waals surface area contributed by atoms with Crippen LogP contribution in [-0.2, 0) is 6.42 Å². The molecule has 24 heavy (non-hydrogen) atoms. The highest BCUT2D eigenvalue weighted by Crippen LogP contribution is 2.18. The summed E-state index contributed by atoms with van der Waals surface area (Å²) in [5.41, 5.74) is 0.970. The van der Waals surface area contributed by atoms with E-state index >= 15 is 0 Å². The van der Waals surface area contributed by atoms with Gasteiger partial charge in [0.05, 0.1) is 13.7 Å². The van der Waals surface area contributed by atoms with Crippen LogP contribution in [0.15, 0.2) is 48.5 Å². The van der Waals surface area contributed by atoms with Crippen molar-refractivity contribution in [1.29, 1.82) is 0 Å². The molecule has 0 saturated carbocycles. The van der Waals surface area contributed by atoms with Crippen molar-refractivity contribution in [1.82, 2.24) is 10.6 Å². The monoisotopic (exact) mass is 332 g/mol. The van der Waals surface area contributed by atoms with Crippen LogP contribution in [0.2, 0.25) is 0 Å². The second-order valence-electron chi connectivity index (χ2n) is 5.09. The first-order valence-electron chi connectivity index (χ1n) is 7.70. The lowest BCUT2D eigenvalue weighted by Gasteiger charge is -2.10. The Morgan fingerprint density at radius 3 is 2.50 bits per heavy atom. The minimum Gasteiger partial charge on any atom is -0.497 e. The van der Waals surface area contributed by atoms with E-state index in [1.165, 1.54) is 12.1 Å². The standard InChI is InChI=1S/C18H21FN2O3/c1-23-16-3-2-4-17(13-16)24-12-11-21-18(22)20-10-9-14-5-7-15(19)8-6-14/h2-8,13H,9-12H2,1H3,(H2,20,21,22). The zero-order valence-electron chi connectivity index (χ0n) is 13.5. The number of halogens is 1. The fraction of sp³-hybridized carbons (Fsp3) is 0.278. The molecule has 2 aromatic rings. The Morgan fingerprint density at radius 1 is 1.04 bits per heavy atom. The zero-order valence-corrected chi connectivity index (χ0v) is 13.5. The van der Waals surface area contributed by atoms with E-state index in [0.29, 0.717) is 31.9 Å². The SMILES string of the molecule is COc1cccc(OCCNC(=O)NCCc2ccc(F)cc2)c1. The predicted molar refractivity (Wildman–Crippen MR) is 90.0 cm³/mol. The van der Waals surface area contributed by atoms with Gasteiger partial charge in [-0.15, -0.1) is 0 Å². The zero-order chi connectivity index (χ0) is 17.2. The summed E-state index contributed by atoms with van der Waals surface area (Å²) in [6.45, 7) is 1.23. The molecule has 0 unspecified atom stereocenters. The minimum absolute atomic E-state index is 0.258. The molecule has 0 saturated heterocycles. The van der Waals surface area contributed by atoms with Gasteiger partial charge >= 0.3 is 6.03 Å². The number of urea groups is 1. The van der Waals surface area contributed by atoms with Gasteiger partial charge in [-0.25, -0.2) is 9.18 Å². The maximum Gasteiger partial charge on any atom is 0.314 e. The molecular weight excluding hydrogens is 311 g/mol. The van der Waals surface area contributed by atoms with E-state index < -0.39 is 0 Å². The van der Waals surface area contributed by atoms with Crippen LogP contribution in [0.3, 0.4) is 0 Å². The van der Waals surface area contributed by atoms with Gasteiger partial charge in [0, 0.05) is 12.6 Å². The topological polar surface area (TPSA) is 59.6 Å². The number of ether oxygens (including phenoxy) is 2. The van der Waals surface area contributed by atoms with E-state index in [2.05, 4.69) is 10.6 Å². The van der Waals surface area contributed by atoms with Gasteiger partial charge in [-0.1, -0.05) is 18.2 Å². The second kappa shape index (κ2) is 9.39. The molecule has 0 aliphatic rings. The Bertz CT molecular complexity index is 647. The van der Waals surface area contributed by atoms with Gasteiger partial charge in [-0.3, -0.25) is 0 Å². The molecule has 2 amide bonds. The molecule has 128 valence electrons. The molecule has 0 heterocycles. The number of carbonyl (C=O) groups is 1. The largest absolute Gasteiger partial charge is 0.497 e. The molecule has 0 aromatic heterocycles. The smallest absolute Gasteiger partial charge is 0.314 e. The molecule has 0 bridgehead atoms. The number of hydrogen-bond acceptors (Lipinski definition) is 3. The Kier molecular flexibility index (Phi) is 6.89. The van der Waals surface area contributed by atoms with Gasteiger partial charge in [0.25, 0.3) is 0 Å². The maximum absolute atomic E-state index is 12.8. The van der Waals surface area contributed by atoms with E-state index in [-0.39, 0.29) is 11.8 Å². The van der Waals surface area contributed by atoms with E-state index in [9.17, 15) is 9.18 Å². The normalized spacial score (nSPS) is 10.1. The molecular formula is C18H21FN2O3. The fourth-order valence-corrected chi connectivity index (χ4v) is 2.06. The van der Waals surface area contributed by atoms with Crippen LogP contribution in [0.5, 0.6) is 11.5 Å². The van der Waals surface area contributed by atoms with Crippen LogP contribution in [0, 0.1) is 5.82 Å². The van der Waals surface area contributed by atoms with Gasteiger partial charge in [-0.05, 0) is 36.2 Å². The fourth-order valence-electron chi connectivity index (χ4n) is 2.06. The van der Waals surface area contributed by atoms with Crippen molar-refractivity contribution in [3.8, 4) is 11.5 Å². The lowest BCUT2D eigenvalue weighted by molar-refractivity contribution is 0.236. The summed E-state index contributed by atoms with van der Waals surface area (Å²) >= 11 is 0. The molecule has 0 radical (unpaired) electrons. The van der Waals surface area contributed by atoms with Gasteiger partial charge in [0.1, 0.15) is 23.9 Å². The molecule has 5 nitrogen and oxygen atoms in total. The van der Waals surface area contributed by atoms with Crippen molar-refractivity contribution in [2.24, 2.45) is 0 Å². The quantitative estimate of drug-likeness (QED) is 0.731. The Balaban J connectivity index is 1.58. The number of rotatable bonds is 8. The predicted octanol–water partition coefficient (Wildman–Crippen LogP) is 2.76. The molecule has 0 spiro atoms. The van der Waals surface area contributed by atoms with E-state index in [1.54, 1.807) is 25.3 Å². The van der Waals surface area contributed by atoms with Crippen molar-refractivity contribution in [2.45, 2.75) is 6.42 Å². The highest BCUT2D eigenvalue weighted by Gasteiger charge is 2.01. The Labute approximate surface area is 140 Å². The Morgan fingerprint density at radius 2 is 1.75 bits per heavy atom. The van der Waals surface area contributed by atoms with Gasteiger partial charge in [0.15, 0.2) is 0 Å². The van der Waals surface area contributed by atoms with Crippen LogP contribution >= 0.6 is 0 Å². The molecule has 0 aliphatic heterocycles. The summed E-state index contributed by atoms with van der Waals surface area (Å²) in [5, 5.41) is 5.45. The second-order valence-corrected chi connectivity index (χ2v) is 5.09. The molecule has 2 rings (SSSR count). The van der Waals surface area contributed by atoms with Crippen LogP contribution in [-0.4, -0.2) is 32.8 Å². The van der Waals surface area contributed by atoms with E-state index in [0.717, 1.165) is 11.3 Å². The number of amides is 2. The minimum atomic E-state index is -0.263. The first-order valence-corrected chi connectivity index (χ1v) is 7.70. The molecule has 0 aliphatic carbocycles. The van der Waals surface area contributed by atoms with Crippen molar-refractivity contribution in [2.75, 3.05) is 26.8 Å².